The molecule has 0 unspecified atom stereocenters. The third-order valence-corrected chi connectivity index (χ3v) is 4.28. The fraction of sp³-hybridized carbons (Fsp3) is 0.0588. The number of rotatable bonds is 0. The number of carbonyl (C=O) groups is 1. The lowest BCUT2D eigenvalue weighted by Crippen LogP contribution is -2.42. The predicted molar refractivity (Wildman–Crippen MR) is 84.2 cm³/mol. The van der Waals surface area contributed by atoms with Crippen LogP contribution in [-0.4, -0.2) is 5.91 Å². The molecule has 4 rings (SSSR count). The maximum atomic E-state index is 12.9. The monoisotopic (exact) mass is 304 g/mol. The molecule has 0 aliphatic carbocycles. The lowest BCUT2D eigenvalue weighted by Gasteiger charge is -2.33. The second kappa shape index (κ2) is 4.27. The molecular weight excluding hydrogens is 292 g/mol. The number of nitrogens with zero attached hydrogens (tertiary/aromatic N) is 1. The standard InChI is InChI=1S/C17H12N4O2/c18-8-12-15(20)23-14-6-5-9(19)7-11(14)17(12)10-3-1-2-4-13(10)21-16(17)22/h1-7H,19-20H2,(H,21,22)/t17-/m1/s1. The highest BCUT2D eigenvalue weighted by atomic mass is 16.5. The van der Waals surface area contributed by atoms with Crippen molar-refractivity contribution in [3.8, 4) is 11.8 Å². The van der Waals surface area contributed by atoms with E-state index in [0.717, 1.165) is 0 Å². The van der Waals surface area contributed by atoms with E-state index in [1.807, 2.05) is 18.2 Å². The molecule has 6 nitrogen and oxygen atoms in total. The highest BCUT2D eigenvalue weighted by molar-refractivity contribution is 6.12. The van der Waals surface area contributed by atoms with Gasteiger partial charge in [-0.1, -0.05) is 18.2 Å². The molecule has 2 aromatic rings. The largest absolute Gasteiger partial charge is 0.440 e. The average Bonchev–Trinajstić information content (AvgIpc) is 2.82. The average molecular weight is 304 g/mol. The summed E-state index contributed by atoms with van der Waals surface area (Å²) in [6.07, 6.45) is 0. The van der Waals surface area contributed by atoms with E-state index in [4.69, 9.17) is 16.2 Å². The van der Waals surface area contributed by atoms with Crippen molar-refractivity contribution in [1.82, 2.24) is 0 Å². The molecule has 0 radical (unpaired) electrons. The van der Waals surface area contributed by atoms with Gasteiger partial charge < -0.3 is 21.5 Å². The number of carbonyl (C=O) groups excluding carboxylic acids is 1. The normalized spacial score (nSPS) is 21.3. The van der Waals surface area contributed by atoms with E-state index in [9.17, 15) is 10.1 Å². The number of nitrogens with one attached hydrogen (secondary N) is 1. The van der Waals surface area contributed by atoms with E-state index in [1.54, 1.807) is 30.3 Å². The van der Waals surface area contributed by atoms with Crippen LogP contribution in [0.15, 0.2) is 53.9 Å². The number of nitrogen functional groups attached to an aromatic ring is 1. The molecule has 0 saturated carbocycles. The number of nitriles is 1. The van der Waals surface area contributed by atoms with Crippen molar-refractivity contribution >= 4 is 17.3 Å². The van der Waals surface area contributed by atoms with Crippen LogP contribution in [0.3, 0.4) is 0 Å². The summed E-state index contributed by atoms with van der Waals surface area (Å²) in [5.74, 6) is 0.00697. The van der Waals surface area contributed by atoms with Gasteiger partial charge in [-0.3, -0.25) is 4.79 Å². The predicted octanol–water partition coefficient (Wildman–Crippen LogP) is 1.59. The SMILES string of the molecule is N#CC1=C(N)Oc2ccc(N)cc2[C@@]12C(=O)Nc1ccccc12. The van der Waals surface area contributed by atoms with E-state index >= 15 is 0 Å². The number of para-hydroxylation sites is 1. The molecule has 2 aliphatic rings. The van der Waals surface area contributed by atoms with Gasteiger partial charge in [-0.2, -0.15) is 5.26 Å². The smallest absolute Gasteiger partial charge is 0.245 e. The minimum Gasteiger partial charge on any atom is -0.440 e. The van der Waals surface area contributed by atoms with Crippen molar-refractivity contribution in [3.63, 3.8) is 0 Å². The first-order chi connectivity index (χ1) is 11.1. The molecule has 0 bridgehead atoms. The molecular formula is C17H12N4O2. The van der Waals surface area contributed by atoms with Gasteiger partial charge in [0.05, 0.1) is 0 Å². The molecule has 2 heterocycles. The van der Waals surface area contributed by atoms with Crippen LogP contribution in [-0.2, 0) is 10.2 Å². The van der Waals surface area contributed by atoms with Gasteiger partial charge in [0.15, 0.2) is 0 Å². The molecule has 5 N–H and O–H groups in total. The molecule has 1 spiro atoms. The van der Waals surface area contributed by atoms with E-state index in [1.165, 1.54) is 0 Å². The number of anilines is 2. The Hall–Kier alpha value is -3.46. The highest BCUT2D eigenvalue weighted by Gasteiger charge is 2.56. The second-order valence-electron chi connectivity index (χ2n) is 5.46. The fourth-order valence-electron chi connectivity index (χ4n) is 3.33. The van der Waals surface area contributed by atoms with Crippen molar-refractivity contribution in [2.45, 2.75) is 5.41 Å². The number of fused-ring (bicyclic) bond motifs is 4. The molecule has 23 heavy (non-hydrogen) atoms. The second-order valence-corrected chi connectivity index (χ2v) is 5.46. The first-order valence-corrected chi connectivity index (χ1v) is 6.98. The number of hydrogen-bond donors (Lipinski definition) is 3. The first-order valence-electron chi connectivity index (χ1n) is 6.98. The van der Waals surface area contributed by atoms with Gasteiger partial charge in [0.1, 0.15) is 22.8 Å². The van der Waals surface area contributed by atoms with E-state index in [2.05, 4.69) is 5.32 Å². The van der Waals surface area contributed by atoms with Crippen LogP contribution in [0, 0.1) is 11.3 Å². The van der Waals surface area contributed by atoms with Crippen LogP contribution in [0.1, 0.15) is 11.1 Å². The Labute approximate surface area is 132 Å². The van der Waals surface area contributed by atoms with Gasteiger partial charge in [-0.05, 0) is 24.3 Å². The van der Waals surface area contributed by atoms with Crippen LogP contribution in [0.5, 0.6) is 5.75 Å². The molecule has 1 amide bonds. The van der Waals surface area contributed by atoms with Gasteiger partial charge in [-0.15, -0.1) is 0 Å². The van der Waals surface area contributed by atoms with Crippen molar-refractivity contribution in [3.05, 3.63) is 65.0 Å². The topological polar surface area (TPSA) is 114 Å². The number of ether oxygens (including phenoxy) is 1. The van der Waals surface area contributed by atoms with E-state index < -0.39 is 5.41 Å². The van der Waals surface area contributed by atoms with Crippen molar-refractivity contribution < 1.29 is 9.53 Å². The molecule has 1 atom stereocenters. The summed E-state index contributed by atoms with van der Waals surface area (Å²) in [6, 6.07) is 14.2. The lowest BCUT2D eigenvalue weighted by atomic mass is 9.69. The van der Waals surface area contributed by atoms with Crippen LogP contribution in [0.4, 0.5) is 11.4 Å². The number of nitrogens with two attached hydrogens (primary N) is 2. The Morgan fingerprint density at radius 1 is 1.13 bits per heavy atom. The third-order valence-electron chi connectivity index (χ3n) is 4.28. The summed E-state index contributed by atoms with van der Waals surface area (Å²) < 4.78 is 5.54. The van der Waals surface area contributed by atoms with Gasteiger partial charge in [0, 0.05) is 22.5 Å². The zero-order valence-electron chi connectivity index (χ0n) is 12.0. The van der Waals surface area contributed by atoms with Gasteiger partial charge in [0.25, 0.3) is 0 Å². The Bertz CT molecular complexity index is 942. The Kier molecular flexibility index (Phi) is 2.46. The van der Waals surface area contributed by atoms with Gasteiger partial charge in [-0.25, -0.2) is 0 Å². The summed E-state index contributed by atoms with van der Waals surface area (Å²) >= 11 is 0. The molecule has 0 aromatic heterocycles. The zero-order chi connectivity index (χ0) is 16.2. The highest BCUT2D eigenvalue weighted by Crippen LogP contribution is 2.53. The molecule has 0 fully saturated rings. The van der Waals surface area contributed by atoms with Gasteiger partial charge in [0.2, 0.25) is 11.8 Å². The van der Waals surface area contributed by atoms with Crippen molar-refractivity contribution in [1.29, 1.82) is 5.26 Å². The van der Waals surface area contributed by atoms with Crippen molar-refractivity contribution in [2.24, 2.45) is 5.73 Å². The minimum absolute atomic E-state index is 0.0676. The molecule has 2 aliphatic heterocycles. The van der Waals surface area contributed by atoms with Crippen molar-refractivity contribution in [2.75, 3.05) is 11.1 Å². The summed E-state index contributed by atoms with van der Waals surface area (Å²) in [5, 5.41) is 12.5. The molecule has 2 aromatic carbocycles. The van der Waals surface area contributed by atoms with Crippen LogP contribution in [0.2, 0.25) is 0 Å². The lowest BCUT2D eigenvalue weighted by molar-refractivity contribution is -0.118. The maximum absolute atomic E-state index is 12.9. The van der Waals surface area contributed by atoms with Crippen LogP contribution in [0.25, 0.3) is 0 Å². The van der Waals surface area contributed by atoms with Gasteiger partial charge >= 0.3 is 0 Å². The van der Waals surface area contributed by atoms with E-state index in [-0.39, 0.29) is 17.4 Å². The maximum Gasteiger partial charge on any atom is 0.245 e. The zero-order valence-corrected chi connectivity index (χ0v) is 12.0. The summed E-state index contributed by atoms with van der Waals surface area (Å²) in [4.78, 5) is 12.9. The third kappa shape index (κ3) is 1.48. The Balaban J connectivity index is 2.17. The number of hydrogen-bond acceptors (Lipinski definition) is 5. The summed E-state index contributed by atoms with van der Waals surface area (Å²) in [6.45, 7) is 0. The van der Waals surface area contributed by atoms with Crippen LogP contribution >= 0.6 is 0 Å². The van der Waals surface area contributed by atoms with E-state index in [0.29, 0.717) is 28.3 Å². The summed E-state index contributed by atoms with van der Waals surface area (Å²) in [5.41, 5.74) is 12.9. The Morgan fingerprint density at radius 3 is 2.70 bits per heavy atom. The fourth-order valence-corrected chi connectivity index (χ4v) is 3.33. The minimum atomic E-state index is -1.33. The first kappa shape index (κ1) is 13.2. The molecule has 6 heteroatoms. The number of amides is 1. The van der Waals surface area contributed by atoms with Crippen LogP contribution < -0.4 is 21.5 Å². The quantitative estimate of drug-likeness (QED) is 0.639. The number of benzene rings is 2. The molecule has 0 saturated heterocycles. The molecule has 112 valence electrons. The summed E-state index contributed by atoms with van der Waals surface area (Å²) in [7, 11) is 0. The Morgan fingerprint density at radius 2 is 1.91 bits per heavy atom.